The van der Waals surface area contributed by atoms with Crippen LogP contribution >= 0.6 is 0 Å². The molecular formula is C10H9F2N3O2. The largest absolute Gasteiger partial charge is 0.481 e. The van der Waals surface area contributed by atoms with Crippen LogP contribution in [0.4, 0.5) is 8.78 Å². The lowest BCUT2D eigenvalue weighted by molar-refractivity contribution is -0.136. The van der Waals surface area contributed by atoms with Crippen LogP contribution in [0.5, 0.6) is 0 Å². The molecule has 0 amide bonds. The van der Waals surface area contributed by atoms with Crippen molar-refractivity contribution in [3.05, 3.63) is 28.6 Å². The zero-order valence-corrected chi connectivity index (χ0v) is 8.65. The molecule has 5 nitrogen and oxygen atoms in total. The number of halogens is 2. The molecule has 3 N–H and O–H groups in total. The summed E-state index contributed by atoms with van der Waals surface area (Å²) < 4.78 is 25.3. The van der Waals surface area contributed by atoms with Crippen molar-refractivity contribution in [2.24, 2.45) is 5.73 Å². The van der Waals surface area contributed by atoms with Gasteiger partial charge in [0.05, 0.1) is 17.7 Å². The number of alkyl halides is 2. The average Bonchev–Trinajstić information content (AvgIpc) is 2.26. The predicted octanol–water partition coefficient (Wildman–Crippen LogP) is 0.977. The molecule has 0 fully saturated rings. The highest BCUT2D eigenvalue weighted by atomic mass is 19.3. The molecule has 0 aliphatic heterocycles. The van der Waals surface area contributed by atoms with E-state index in [1.54, 1.807) is 6.07 Å². The van der Waals surface area contributed by atoms with Crippen LogP contribution in [0.25, 0.3) is 0 Å². The van der Waals surface area contributed by atoms with Crippen LogP contribution in [-0.2, 0) is 17.8 Å². The van der Waals surface area contributed by atoms with Crippen LogP contribution in [0.1, 0.15) is 28.9 Å². The third-order valence-electron chi connectivity index (χ3n) is 2.05. The topological polar surface area (TPSA) is 100 Å². The Balaban J connectivity index is 3.40. The lowest BCUT2D eigenvalue weighted by Gasteiger charge is -2.09. The smallest absolute Gasteiger partial charge is 0.307 e. The highest BCUT2D eigenvalue weighted by Crippen LogP contribution is 2.24. The molecule has 0 aliphatic carbocycles. The van der Waals surface area contributed by atoms with Crippen molar-refractivity contribution in [2.75, 3.05) is 0 Å². The molecule has 0 spiro atoms. The van der Waals surface area contributed by atoms with E-state index in [0.29, 0.717) is 0 Å². The first-order valence-electron chi connectivity index (χ1n) is 4.62. The molecule has 1 rings (SSSR count). The van der Waals surface area contributed by atoms with Crippen molar-refractivity contribution in [1.29, 1.82) is 5.26 Å². The number of nitriles is 1. The van der Waals surface area contributed by atoms with E-state index < -0.39 is 24.5 Å². The van der Waals surface area contributed by atoms with Crippen molar-refractivity contribution in [3.8, 4) is 6.07 Å². The summed E-state index contributed by atoms with van der Waals surface area (Å²) in [7, 11) is 0. The summed E-state index contributed by atoms with van der Waals surface area (Å²) in [6, 6.07) is 2.82. The molecular weight excluding hydrogens is 232 g/mol. The van der Waals surface area contributed by atoms with E-state index in [1.165, 1.54) is 6.07 Å². The molecule has 90 valence electrons. The molecule has 1 heterocycles. The van der Waals surface area contributed by atoms with Gasteiger partial charge in [0.2, 0.25) is 0 Å². The van der Waals surface area contributed by atoms with E-state index >= 15 is 0 Å². The summed E-state index contributed by atoms with van der Waals surface area (Å²) in [5.41, 5.74) is 4.31. The number of carboxylic acids is 1. The number of nitrogens with zero attached hydrogens (tertiary/aromatic N) is 2. The second kappa shape index (κ2) is 5.32. The molecule has 0 atom stereocenters. The first-order valence-corrected chi connectivity index (χ1v) is 4.62. The summed E-state index contributed by atoms with van der Waals surface area (Å²) in [5, 5.41) is 17.4. The third-order valence-corrected chi connectivity index (χ3v) is 2.05. The number of rotatable bonds is 4. The van der Waals surface area contributed by atoms with E-state index in [1.807, 2.05) is 0 Å². The highest BCUT2D eigenvalue weighted by Gasteiger charge is 2.20. The van der Waals surface area contributed by atoms with Gasteiger partial charge in [0.15, 0.2) is 0 Å². The number of hydrogen-bond donors (Lipinski definition) is 2. The molecule has 0 aliphatic rings. The molecule has 17 heavy (non-hydrogen) atoms. The standard InChI is InChI=1S/C10H9F2N3O2/c11-10(12)9-7(4-14)5(2-8(16)17)1-6(3-13)15-9/h1,10H,2-3,13H2,(H,16,17). The fourth-order valence-corrected chi connectivity index (χ4v) is 1.37. The van der Waals surface area contributed by atoms with Crippen molar-refractivity contribution in [2.45, 2.75) is 19.4 Å². The molecule has 0 saturated heterocycles. The normalized spacial score (nSPS) is 10.3. The number of pyridine rings is 1. The van der Waals surface area contributed by atoms with Gasteiger partial charge in [-0.1, -0.05) is 0 Å². The van der Waals surface area contributed by atoms with Gasteiger partial charge in [0.1, 0.15) is 11.8 Å². The summed E-state index contributed by atoms with van der Waals surface area (Å²) >= 11 is 0. The summed E-state index contributed by atoms with van der Waals surface area (Å²) in [6.45, 7) is -0.0992. The molecule has 7 heteroatoms. The molecule has 0 aromatic carbocycles. The van der Waals surface area contributed by atoms with Crippen LogP contribution in [-0.4, -0.2) is 16.1 Å². The number of nitrogens with two attached hydrogens (primary N) is 1. The number of aromatic nitrogens is 1. The number of hydrogen-bond acceptors (Lipinski definition) is 4. The van der Waals surface area contributed by atoms with E-state index in [0.717, 1.165) is 0 Å². The third kappa shape index (κ3) is 2.95. The highest BCUT2D eigenvalue weighted by molar-refractivity contribution is 5.71. The predicted molar refractivity (Wildman–Crippen MR) is 53.1 cm³/mol. The van der Waals surface area contributed by atoms with Crippen molar-refractivity contribution in [1.82, 2.24) is 4.98 Å². The van der Waals surface area contributed by atoms with Gasteiger partial charge in [-0.05, 0) is 11.6 Å². The van der Waals surface area contributed by atoms with Crippen LogP contribution in [0.2, 0.25) is 0 Å². The SMILES string of the molecule is N#Cc1c(CC(=O)O)cc(CN)nc1C(F)F. The lowest BCUT2D eigenvalue weighted by atomic mass is 10.0. The summed E-state index contributed by atoms with van der Waals surface area (Å²) in [6.07, 6.45) is -3.46. The van der Waals surface area contributed by atoms with Gasteiger partial charge < -0.3 is 10.8 Å². The Kier molecular flexibility index (Phi) is 4.06. The summed E-state index contributed by atoms with van der Waals surface area (Å²) in [5.74, 6) is -1.21. The van der Waals surface area contributed by atoms with Crippen LogP contribution in [0.15, 0.2) is 6.07 Å². The van der Waals surface area contributed by atoms with Crippen molar-refractivity contribution in [3.63, 3.8) is 0 Å². The maximum atomic E-state index is 12.6. The molecule has 0 saturated carbocycles. The van der Waals surface area contributed by atoms with E-state index in [2.05, 4.69) is 4.98 Å². The monoisotopic (exact) mass is 241 g/mol. The van der Waals surface area contributed by atoms with Crippen LogP contribution in [0, 0.1) is 11.3 Å². The molecule has 1 aromatic rings. The molecule has 1 aromatic heterocycles. The van der Waals surface area contributed by atoms with Gasteiger partial charge in [-0.2, -0.15) is 5.26 Å². The fraction of sp³-hybridized carbons (Fsp3) is 0.300. The van der Waals surface area contributed by atoms with Crippen molar-refractivity contribution >= 4 is 5.97 Å². The zero-order chi connectivity index (χ0) is 13.0. The molecule has 0 unspecified atom stereocenters. The minimum absolute atomic E-state index is 0.00532. The van der Waals surface area contributed by atoms with E-state index in [9.17, 15) is 13.6 Å². The Morgan fingerprint density at radius 2 is 2.29 bits per heavy atom. The Morgan fingerprint density at radius 1 is 1.65 bits per heavy atom. The lowest BCUT2D eigenvalue weighted by Crippen LogP contribution is -2.11. The van der Waals surface area contributed by atoms with Gasteiger partial charge in [-0.25, -0.2) is 13.8 Å². The van der Waals surface area contributed by atoms with Gasteiger partial charge in [-0.3, -0.25) is 4.79 Å². The maximum absolute atomic E-state index is 12.6. The first kappa shape index (κ1) is 13.0. The van der Waals surface area contributed by atoms with Gasteiger partial charge >= 0.3 is 5.97 Å². The molecule has 0 radical (unpaired) electrons. The molecule has 0 bridgehead atoms. The van der Waals surface area contributed by atoms with Crippen molar-refractivity contribution < 1.29 is 18.7 Å². The van der Waals surface area contributed by atoms with E-state index in [-0.39, 0.29) is 23.4 Å². The van der Waals surface area contributed by atoms with Gasteiger partial charge in [0.25, 0.3) is 6.43 Å². The van der Waals surface area contributed by atoms with Crippen LogP contribution < -0.4 is 5.73 Å². The second-order valence-corrected chi connectivity index (χ2v) is 3.22. The zero-order valence-electron chi connectivity index (χ0n) is 8.65. The minimum atomic E-state index is -2.94. The Hall–Kier alpha value is -2.07. The van der Waals surface area contributed by atoms with E-state index in [4.69, 9.17) is 16.1 Å². The maximum Gasteiger partial charge on any atom is 0.307 e. The van der Waals surface area contributed by atoms with Crippen LogP contribution in [0.3, 0.4) is 0 Å². The quantitative estimate of drug-likeness (QED) is 0.818. The average molecular weight is 241 g/mol. The minimum Gasteiger partial charge on any atom is -0.481 e. The Bertz CT molecular complexity index is 483. The Morgan fingerprint density at radius 3 is 2.71 bits per heavy atom. The van der Waals surface area contributed by atoms with Gasteiger partial charge in [-0.15, -0.1) is 0 Å². The fourth-order valence-electron chi connectivity index (χ4n) is 1.37. The number of carbonyl (C=O) groups is 1. The van der Waals surface area contributed by atoms with Gasteiger partial charge in [0, 0.05) is 6.54 Å². The Labute approximate surface area is 95.5 Å². The number of aliphatic carboxylic acids is 1. The second-order valence-electron chi connectivity index (χ2n) is 3.22. The number of carboxylic acid groups (broad SMARTS) is 1. The first-order chi connectivity index (χ1) is 7.99. The summed E-state index contributed by atoms with van der Waals surface area (Å²) in [4.78, 5) is 14.1.